The van der Waals surface area contributed by atoms with Crippen molar-refractivity contribution in [3.05, 3.63) is 53.3 Å². The van der Waals surface area contributed by atoms with Crippen molar-refractivity contribution in [2.75, 3.05) is 13.1 Å². The van der Waals surface area contributed by atoms with E-state index in [1.807, 2.05) is 6.92 Å². The molecule has 140 valence electrons. The molecule has 3 heterocycles. The summed E-state index contributed by atoms with van der Waals surface area (Å²) < 4.78 is 32.7. The quantitative estimate of drug-likeness (QED) is 0.657. The molecule has 27 heavy (non-hydrogen) atoms. The second-order valence-electron chi connectivity index (χ2n) is 6.29. The van der Waals surface area contributed by atoms with Crippen molar-refractivity contribution in [2.24, 2.45) is 0 Å². The summed E-state index contributed by atoms with van der Waals surface area (Å²) >= 11 is 5.93. The van der Waals surface area contributed by atoms with Gasteiger partial charge in [-0.1, -0.05) is 17.7 Å². The summed E-state index contributed by atoms with van der Waals surface area (Å²) in [6.07, 6.45) is 3.78. The molecule has 0 saturated carbocycles. The highest BCUT2D eigenvalue weighted by Gasteiger charge is 2.36. The Kier molecular flexibility index (Phi) is 4.67. The number of sulfonamides is 1. The Morgan fingerprint density at radius 1 is 1.22 bits per heavy atom. The zero-order chi connectivity index (χ0) is 19.0. The normalized spacial score (nSPS) is 18.1. The summed E-state index contributed by atoms with van der Waals surface area (Å²) in [5.41, 5.74) is 1.27. The molecule has 1 aliphatic rings. The lowest BCUT2D eigenvalue weighted by Crippen LogP contribution is -2.28. The van der Waals surface area contributed by atoms with Crippen LogP contribution in [0.2, 0.25) is 5.02 Å². The lowest BCUT2D eigenvalue weighted by Gasteiger charge is -2.16. The molecule has 1 aromatic carbocycles. The van der Waals surface area contributed by atoms with Crippen LogP contribution in [0.25, 0.3) is 11.6 Å². The lowest BCUT2D eigenvalue weighted by atomic mass is 10.1. The van der Waals surface area contributed by atoms with Gasteiger partial charge in [-0.25, -0.2) is 13.4 Å². The van der Waals surface area contributed by atoms with E-state index in [4.69, 9.17) is 16.0 Å². The van der Waals surface area contributed by atoms with Gasteiger partial charge in [0.25, 0.3) is 5.89 Å². The van der Waals surface area contributed by atoms with Crippen molar-refractivity contribution < 1.29 is 12.8 Å². The maximum atomic E-state index is 12.8. The summed E-state index contributed by atoms with van der Waals surface area (Å²) in [6, 6.07) is 6.25. The maximum absolute atomic E-state index is 12.8. The fraction of sp³-hybridized carbons (Fsp3) is 0.294. The van der Waals surface area contributed by atoms with Gasteiger partial charge in [0.2, 0.25) is 15.9 Å². The van der Waals surface area contributed by atoms with Crippen LogP contribution in [-0.2, 0) is 10.0 Å². The fourth-order valence-corrected chi connectivity index (χ4v) is 4.73. The number of hydrogen-bond acceptors (Lipinski definition) is 7. The first kappa shape index (κ1) is 18.0. The van der Waals surface area contributed by atoms with Crippen LogP contribution in [0.3, 0.4) is 0 Å². The highest BCUT2D eigenvalue weighted by Crippen LogP contribution is 2.32. The number of nitrogens with zero attached hydrogens (tertiary/aromatic N) is 5. The molecule has 0 aliphatic carbocycles. The van der Waals surface area contributed by atoms with E-state index in [2.05, 4.69) is 20.2 Å². The largest absolute Gasteiger partial charge is 0.419 e. The number of rotatable bonds is 4. The molecular weight excluding hydrogens is 390 g/mol. The SMILES string of the molecule is Cc1cnc(-c2nnc([C@@H]3CCN(S(=O)(=O)c4cccc(Cl)c4)C3)o2)cn1. The first-order valence-corrected chi connectivity index (χ1v) is 10.1. The summed E-state index contributed by atoms with van der Waals surface area (Å²) in [4.78, 5) is 8.55. The molecule has 1 aliphatic heterocycles. The van der Waals surface area contributed by atoms with Gasteiger partial charge in [-0.05, 0) is 31.5 Å². The topological polar surface area (TPSA) is 102 Å². The van der Waals surface area contributed by atoms with Crippen molar-refractivity contribution in [2.45, 2.75) is 24.2 Å². The predicted molar refractivity (Wildman–Crippen MR) is 97.6 cm³/mol. The molecule has 2 aromatic heterocycles. The van der Waals surface area contributed by atoms with Gasteiger partial charge >= 0.3 is 0 Å². The minimum absolute atomic E-state index is 0.168. The van der Waals surface area contributed by atoms with Gasteiger partial charge < -0.3 is 4.42 Å². The second-order valence-corrected chi connectivity index (χ2v) is 8.67. The summed E-state index contributed by atoms with van der Waals surface area (Å²) in [6.45, 7) is 2.49. The van der Waals surface area contributed by atoms with E-state index in [0.717, 1.165) is 5.69 Å². The van der Waals surface area contributed by atoms with Crippen molar-refractivity contribution in [3.63, 3.8) is 0 Å². The fourth-order valence-electron chi connectivity index (χ4n) is 2.93. The molecular formula is C17H16ClN5O3S. The Balaban J connectivity index is 1.52. The molecule has 0 amide bonds. The molecule has 4 rings (SSSR count). The van der Waals surface area contributed by atoms with Crippen LogP contribution in [0.1, 0.15) is 23.9 Å². The van der Waals surface area contributed by atoms with E-state index in [-0.39, 0.29) is 23.2 Å². The molecule has 10 heteroatoms. The van der Waals surface area contributed by atoms with E-state index >= 15 is 0 Å². The van der Waals surface area contributed by atoms with Gasteiger partial charge in [0.15, 0.2) is 0 Å². The summed E-state index contributed by atoms with van der Waals surface area (Å²) in [5, 5.41) is 8.47. The second kappa shape index (κ2) is 6.99. The predicted octanol–water partition coefficient (Wildman–Crippen LogP) is 2.67. The van der Waals surface area contributed by atoms with Crippen molar-refractivity contribution in [1.82, 2.24) is 24.5 Å². The van der Waals surface area contributed by atoms with Gasteiger partial charge in [-0.15, -0.1) is 10.2 Å². The maximum Gasteiger partial charge on any atom is 0.267 e. The Morgan fingerprint density at radius 2 is 2.07 bits per heavy atom. The molecule has 1 atom stereocenters. The summed E-state index contributed by atoms with van der Waals surface area (Å²) in [5.74, 6) is 0.503. The van der Waals surface area contributed by atoms with E-state index in [1.165, 1.54) is 16.4 Å². The van der Waals surface area contributed by atoms with E-state index < -0.39 is 10.0 Å². The third kappa shape index (κ3) is 3.58. The molecule has 0 spiro atoms. The zero-order valence-corrected chi connectivity index (χ0v) is 16.0. The molecule has 1 fully saturated rings. The first-order chi connectivity index (χ1) is 12.9. The average molecular weight is 406 g/mol. The average Bonchev–Trinajstić information content (AvgIpc) is 3.32. The van der Waals surface area contributed by atoms with Gasteiger partial charge in [-0.3, -0.25) is 4.98 Å². The van der Waals surface area contributed by atoms with Gasteiger partial charge in [-0.2, -0.15) is 4.31 Å². The van der Waals surface area contributed by atoms with Crippen LogP contribution in [0.15, 0.2) is 46.0 Å². The van der Waals surface area contributed by atoms with Crippen molar-refractivity contribution in [1.29, 1.82) is 0 Å². The molecule has 0 N–H and O–H groups in total. The minimum atomic E-state index is -3.62. The molecule has 8 nitrogen and oxygen atoms in total. The Labute approximate surface area is 161 Å². The Hall–Kier alpha value is -2.36. The first-order valence-electron chi connectivity index (χ1n) is 8.31. The van der Waals surface area contributed by atoms with Gasteiger partial charge in [0.05, 0.1) is 22.7 Å². The van der Waals surface area contributed by atoms with Gasteiger partial charge in [0.1, 0.15) is 5.69 Å². The summed E-state index contributed by atoms with van der Waals surface area (Å²) in [7, 11) is -3.62. The smallest absolute Gasteiger partial charge is 0.267 e. The standard InChI is InChI=1S/C17H16ClN5O3S/c1-11-8-20-15(9-19-11)17-22-21-16(26-17)12-5-6-23(10-12)27(24,25)14-4-2-3-13(18)7-14/h2-4,7-9,12H,5-6,10H2,1H3/t12-/m1/s1. The van der Waals surface area contributed by atoms with Crippen LogP contribution in [0, 0.1) is 6.92 Å². The molecule has 0 bridgehead atoms. The Bertz CT molecular complexity index is 1070. The van der Waals surface area contributed by atoms with Crippen molar-refractivity contribution >= 4 is 21.6 Å². The Morgan fingerprint density at radius 3 is 2.81 bits per heavy atom. The number of hydrogen-bond donors (Lipinski definition) is 0. The van der Waals surface area contributed by atoms with Crippen molar-refractivity contribution in [3.8, 4) is 11.6 Å². The minimum Gasteiger partial charge on any atom is -0.419 e. The van der Waals surface area contributed by atoms with Crippen LogP contribution in [0.4, 0.5) is 0 Å². The van der Waals surface area contributed by atoms with Crippen LogP contribution in [0.5, 0.6) is 0 Å². The third-order valence-corrected chi connectivity index (χ3v) is 6.47. The van der Waals surface area contributed by atoms with Crippen LogP contribution < -0.4 is 0 Å². The number of aryl methyl sites for hydroxylation is 1. The molecule has 0 radical (unpaired) electrons. The molecule has 3 aromatic rings. The molecule has 0 unspecified atom stereocenters. The van der Waals surface area contributed by atoms with Gasteiger partial charge in [0, 0.05) is 24.3 Å². The number of halogens is 1. The number of benzene rings is 1. The highest BCUT2D eigenvalue weighted by atomic mass is 35.5. The molecule has 1 saturated heterocycles. The van der Waals surface area contributed by atoms with E-state index in [1.54, 1.807) is 24.5 Å². The van der Waals surface area contributed by atoms with Crippen LogP contribution >= 0.6 is 11.6 Å². The highest BCUT2D eigenvalue weighted by molar-refractivity contribution is 7.89. The zero-order valence-electron chi connectivity index (χ0n) is 14.4. The third-order valence-electron chi connectivity index (χ3n) is 4.37. The monoisotopic (exact) mass is 405 g/mol. The number of aromatic nitrogens is 4. The lowest BCUT2D eigenvalue weighted by molar-refractivity contribution is 0.439. The van der Waals surface area contributed by atoms with E-state index in [9.17, 15) is 8.42 Å². The van der Waals surface area contributed by atoms with E-state index in [0.29, 0.717) is 29.6 Å². The van der Waals surface area contributed by atoms with Crippen LogP contribution in [-0.4, -0.2) is 46.0 Å².